The normalized spacial score (nSPS) is 14.4. The predicted molar refractivity (Wildman–Crippen MR) is 188 cm³/mol. The van der Waals surface area contributed by atoms with Gasteiger partial charge in [-0.25, -0.2) is 4.79 Å². The van der Waals surface area contributed by atoms with Crippen molar-refractivity contribution in [1.29, 1.82) is 0 Å². The molecule has 0 fully saturated rings. The van der Waals surface area contributed by atoms with Crippen LogP contribution < -0.4 is 0 Å². The van der Waals surface area contributed by atoms with Crippen LogP contribution in [0.1, 0.15) is 54.9 Å². The van der Waals surface area contributed by atoms with Gasteiger partial charge in [0.15, 0.2) is 0 Å². The van der Waals surface area contributed by atoms with Gasteiger partial charge < -0.3 is 9.64 Å². The maximum absolute atomic E-state index is 14.4. The van der Waals surface area contributed by atoms with E-state index in [0.29, 0.717) is 5.75 Å². The molecule has 0 spiro atoms. The molecule has 0 N–H and O–H groups in total. The molecule has 0 saturated carbocycles. The number of amides is 2. The maximum atomic E-state index is 14.4. The van der Waals surface area contributed by atoms with E-state index in [1.165, 1.54) is 27.2 Å². The lowest BCUT2D eigenvalue weighted by atomic mass is 9.79. The Hall–Kier alpha value is -3.68. The highest BCUT2D eigenvalue weighted by Crippen LogP contribution is 2.55. The summed E-state index contributed by atoms with van der Waals surface area (Å²) in [6, 6.07) is 33.1. The number of hydrogen-bond donors (Lipinski definition) is 0. The smallest absolute Gasteiger partial charge is 0.410 e. The van der Waals surface area contributed by atoms with E-state index in [9.17, 15) is 9.59 Å². The standard InChI is InChI=1S/C38H40N2O3S2/c1-38(2,3)45-44-23-32(36(41)39(4)5)40(6)37(42)43-35(33-28-19-11-7-15-24(28)25-16-8-12-20-29(25)33)34-30-21-13-9-17-26(30)27-18-10-14-22-31(27)34/h7-22,32-35H,23H2,1-6H3/t32-/m0/s1. The number of carbonyl (C=O) groups is 2. The summed E-state index contributed by atoms with van der Waals surface area (Å²) in [6.07, 6.45) is -1.05. The van der Waals surface area contributed by atoms with E-state index in [-0.39, 0.29) is 22.5 Å². The minimum absolute atomic E-state index is 0.0209. The molecule has 0 saturated heterocycles. The summed E-state index contributed by atoms with van der Waals surface area (Å²) in [4.78, 5) is 30.9. The first-order chi connectivity index (χ1) is 21.6. The van der Waals surface area contributed by atoms with E-state index in [1.807, 2.05) is 0 Å². The maximum Gasteiger partial charge on any atom is 0.410 e. The monoisotopic (exact) mass is 636 g/mol. The second-order valence-electron chi connectivity index (χ2n) is 13.0. The van der Waals surface area contributed by atoms with Crippen LogP contribution in [0.15, 0.2) is 97.1 Å². The molecule has 2 amide bonds. The van der Waals surface area contributed by atoms with E-state index >= 15 is 0 Å². The van der Waals surface area contributed by atoms with Crippen LogP contribution in [0.25, 0.3) is 22.3 Å². The first kappa shape index (κ1) is 31.3. The lowest BCUT2D eigenvalue weighted by Crippen LogP contribution is -2.50. The number of carbonyl (C=O) groups excluding carboxylic acids is 2. The Balaban J connectivity index is 1.43. The minimum Gasteiger partial charge on any atom is -0.444 e. The molecular weight excluding hydrogens is 597 g/mol. The fourth-order valence-electron chi connectivity index (χ4n) is 6.67. The molecule has 0 bridgehead atoms. The first-order valence-electron chi connectivity index (χ1n) is 15.4. The highest BCUT2D eigenvalue weighted by atomic mass is 33.1. The van der Waals surface area contributed by atoms with Crippen molar-refractivity contribution in [3.8, 4) is 22.3 Å². The average Bonchev–Trinajstić information content (AvgIpc) is 3.54. The van der Waals surface area contributed by atoms with Crippen LogP contribution in [0, 0.1) is 0 Å². The number of rotatable bonds is 8. The molecule has 0 heterocycles. The molecule has 45 heavy (non-hydrogen) atoms. The SMILES string of the molecule is CN(C)C(=O)[C@H](CSSC(C)(C)C)N(C)C(=O)OC(C1c2ccccc2-c2ccccc21)C1c2ccccc2-c2ccccc21. The highest BCUT2D eigenvalue weighted by molar-refractivity contribution is 8.77. The number of hydrogen-bond acceptors (Lipinski definition) is 5. The van der Waals surface area contributed by atoms with Gasteiger partial charge in [0.05, 0.1) is 0 Å². The second kappa shape index (κ2) is 12.6. The molecule has 0 aromatic heterocycles. The molecule has 6 rings (SSSR count). The van der Waals surface area contributed by atoms with E-state index in [0.717, 1.165) is 22.3 Å². The van der Waals surface area contributed by atoms with E-state index in [2.05, 4.69) is 118 Å². The van der Waals surface area contributed by atoms with E-state index in [1.54, 1.807) is 47.6 Å². The number of fused-ring (bicyclic) bond motifs is 6. The minimum atomic E-state index is -0.667. The molecule has 1 atom stereocenters. The van der Waals surface area contributed by atoms with Crippen LogP contribution >= 0.6 is 21.6 Å². The Morgan fingerprint density at radius 3 is 1.42 bits per heavy atom. The Labute approximate surface area is 274 Å². The Morgan fingerprint density at radius 1 is 0.689 bits per heavy atom. The summed E-state index contributed by atoms with van der Waals surface area (Å²) in [5.41, 5.74) is 9.29. The quantitative estimate of drug-likeness (QED) is 0.181. The van der Waals surface area contributed by atoms with Crippen LogP contribution in [0.4, 0.5) is 4.79 Å². The molecule has 5 nitrogen and oxygen atoms in total. The van der Waals surface area contributed by atoms with Crippen molar-refractivity contribution in [2.24, 2.45) is 0 Å². The van der Waals surface area contributed by atoms with E-state index in [4.69, 9.17) is 4.74 Å². The van der Waals surface area contributed by atoms with Crippen LogP contribution in [0.2, 0.25) is 0 Å². The Kier molecular flexibility index (Phi) is 8.77. The second-order valence-corrected chi connectivity index (χ2v) is 16.2. The Bertz CT molecular complexity index is 1540. The van der Waals surface area contributed by atoms with Crippen molar-refractivity contribution in [2.45, 2.75) is 49.5 Å². The topological polar surface area (TPSA) is 49.9 Å². The van der Waals surface area contributed by atoms with Gasteiger partial charge in [-0.15, -0.1) is 0 Å². The fourth-order valence-corrected chi connectivity index (χ4v) is 9.24. The van der Waals surface area contributed by atoms with Crippen molar-refractivity contribution in [3.05, 3.63) is 119 Å². The van der Waals surface area contributed by atoms with Crippen LogP contribution in [0.3, 0.4) is 0 Å². The lowest BCUT2D eigenvalue weighted by Gasteiger charge is -2.35. The Morgan fingerprint density at radius 2 is 1.07 bits per heavy atom. The predicted octanol–water partition coefficient (Wildman–Crippen LogP) is 8.69. The van der Waals surface area contributed by atoms with Crippen molar-refractivity contribution in [3.63, 3.8) is 0 Å². The van der Waals surface area contributed by atoms with Gasteiger partial charge in [0, 0.05) is 43.5 Å². The molecule has 232 valence electrons. The average molecular weight is 637 g/mol. The summed E-state index contributed by atoms with van der Waals surface area (Å²) < 4.78 is 6.79. The zero-order valence-corrected chi connectivity index (χ0v) is 28.3. The van der Waals surface area contributed by atoms with E-state index < -0.39 is 18.2 Å². The van der Waals surface area contributed by atoms with Gasteiger partial charge in [0.2, 0.25) is 5.91 Å². The number of likely N-dealkylation sites (N-methyl/N-ethyl adjacent to an activating group) is 2. The zero-order chi connectivity index (χ0) is 31.9. The van der Waals surface area contributed by atoms with Crippen LogP contribution in [-0.4, -0.2) is 65.6 Å². The number of nitrogens with zero attached hydrogens (tertiary/aromatic N) is 2. The third kappa shape index (κ3) is 6.00. The molecule has 0 radical (unpaired) electrons. The van der Waals surface area contributed by atoms with Gasteiger partial charge in [0.25, 0.3) is 0 Å². The third-order valence-corrected chi connectivity index (χ3v) is 12.0. The summed E-state index contributed by atoms with van der Waals surface area (Å²) >= 11 is 0. The van der Waals surface area contributed by atoms with Crippen molar-refractivity contribution in [1.82, 2.24) is 9.80 Å². The number of ether oxygens (including phenoxy) is 1. The summed E-state index contributed by atoms with van der Waals surface area (Å²) in [6.45, 7) is 6.43. The molecule has 2 aliphatic carbocycles. The highest BCUT2D eigenvalue weighted by Gasteiger charge is 2.46. The van der Waals surface area contributed by atoms with Crippen molar-refractivity contribution in [2.75, 3.05) is 26.9 Å². The first-order valence-corrected chi connectivity index (χ1v) is 17.7. The molecule has 4 aromatic rings. The third-order valence-electron chi connectivity index (χ3n) is 8.67. The zero-order valence-electron chi connectivity index (χ0n) is 26.7. The molecule has 4 aromatic carbocycles. The molecular formula is C38H40N2O3S2. The molecule has 2 aliphatic rings. The van der Waals surface area contributed by atoms with Gasteiger partial charge in [-0.2, -0.15) is 0 Å². The van der Waals surface area contributed by atoms with Gasteiger partial charge in [0.1, 0.15) is 12.1 Å². The van der Waals surface area contributed by atoms with Gasteiger partial charge in [-0.3, -0.25) is 9.69 Å². The van der Waals surface area contributed by atoms with Crippen molar-refractivity contribution >= 4 is 33.6 Å². The summed E-state index contributed by atoms with van der Waals surface area (Å²) in [5.74, 6) is -0.0407. The van der Waals surface area contributed by atoms with Gasteiger partial charge in [-0.1, -0.05) is 139 Å². The van der Waals surface area contributed by atoms with Crippen LogP contribution in [-0.2, 0) is 9.53 Å². The molecule has 0 unspecified atom stereocenters. The number of benzene rings is 4. The van der Waals surface area contributed by atoms with Crippen molar-refractivity contribution < 1.29 is 14.3 Å². The fraction of sp³-hybridized carbons (Fsp3) is 0.316. The molecule has 7 heteroatoms. The largest absolute Gasteiger partial charge is 0.444 e. The summed E-state index contributed by atoms with van der Waals surface area (Å²) in [5, 5.41) is 0. The summed E-state index contributed by atoms with van der Waals surface area (Å²) in [7, 11) is 8.49. The molecule has 0 aliphatic heterocycles. The lowest BCUT2D eigenvalue weighted by molar-refractivity contribution is -0.132. The van der Waals surface area contributed by atoms with Gasteiger partial charge >= 0.3 is 6.09 Å². The van der Waals surface area contributed by atoms with Crippen LogP contribution in [0.5, 0.6) is 0 Å². The van der Waals surface area contributed by atoms with Gasteiger partial charge in [-0.05, 0) is 44.5 Å².